The number of anilines is 1. The van der Waals surface area contributed by atoms with Crippen LogP contribution in [0.4, 0.5) is 5.69 Å². The van der Waals surface area contributed by atoms with Crippen molar-refractivity contribution in [3.05, 3.63) is 29.8 Å². The van der Waals surface area contributed by atoms with Crippen LogP contribution in [0.15, 0.2) is 24.3 Å². The minimum absolute atomic E-state index is 0.217. The minimum atomic E-state index is -0.758. The molecule has 0 radical (unpaired) electrons. The number of hydrogen-bond acceptors (Lipinski definition) is 3. The molecule has 4 nitrogen and oxygen atoms in total. The first kappa shape index (κ1) is 13.9. The van der Waals surface area contributed by atoms with Crippen LogP contribution in [0.2, 0.25) is 0 Å². The van der Waals surface area contributed by atoms with Crippen LogP contribution in [-0.4, -0.2) is 23.2 Å². The van der Waals surface area contributed by atoms with Crippen LogP contribution >= 0.6 is 0 Å². The Morgan fingerprint density at radius 3 is 2.68 bits per heavy atom. The van der Waals surface area contributed by atoms with Crippen LogP contribution in [0, 0.1) is 5.92 Å². The molecule has 1 aromatic rings. The number of aliphatic hydroxyl groups is 1. The van der Waals surface area contributed by atoms with Crippen LogP contribution in [-0.2, 0) is 0 Å². The predicted molar refractivity (Wildman–Crippen MR) is 75.8 cm³/mol. The van der Waals surface area contributed by atoms with E-state index in [0.717, 1.165) is 25.7 Å². The Morgan fingerprint density at radius 1 is 1.42 bits per heavy atom. The van der Waals surface area contributed by atoms with Crippen molar-refractivity contribution >= 4 is 11.6 Å². The maximum absolute atomic E-state index is 12.0. The van der Waals surface area contributed by atoms with E-state index in [1.54, 1.807) is 24.3 Å². The van der Waals surface area contributed by atoms with Crippen molar-refractivity contribution in [1.29, 1.82) is 0 Å². The van der Waals surface area contributed by atoms with Gasteiger partial charge in [-0.3, -0.25) is 4.79 Å². The van der Waals surface area contributed by atoms with E-state index < -0.39 is 5.60 Å². The first-order valence-electron chi connectivity index (χ1n) is 6.85. The first-order chi connectivity index (χ1) is 9.00. The summed E-state index contributed by atoms with van der Waals surface area (Å²) in [5, 5.41) is 13.2. The highest BCUT2D eigenvalue weighted by Gasteiger charge is 2.32. The fourth-order valence-corrected chi connectivity index (χ4v) is 2.52. The van der Waals surface area contributed by atoms with E-state index in [1.165, 1.54) is 0 Å². The number of para-hydroxylation sites is 1. The van der Waals surface area contributed by atoms with Crippen LogP contribution in [0.3, 0.4) is 0 Å². The Kier molecular flexibility index (Phi) is 4.10. The molecule has 0 heterocycles. The summed E-state index contributed by atoms with van der Waals surface area (Å²) in [5.74, 6) is 0.450. The van der Waals surface area contributed by atoms with Crippen molar-refractivity contribution in [1.82, 2.24) is 5.32 Å². The quantitative estimate of drug-likeness (QED) is 0.729. The van der Waals surface area contributed by atoms with Crippen molar-refractivity contribution < 1.29 is 9.90 Å². The van der Waals surface area contributed by atoms with E-state index in [2.05, 4.69) is 12.2 Å². The monoisotopic (exact) mass is 262 g/mol. The maximum Gasteiger partial charge on any atom is 0.253 e. The highest BCUT2D eigenvalue weighted by molar-refractivity contribution is 5.99. The highest BCUT2D eigenvalue weighted by atomic mass is 16.3. The third-order valence-electron chi connectivity index (χ3n) is 3.99. The lowest BCUT2D eigenvalue weighted by Gasteiger charge is -2.35. The Bertz CT molecular complexity index is 451. The summed E-state index contributed by atoms with van der Waals surface area (Å²) in [6, 6.07) is 6.97. The zero-order valence-electron chi connectivity index (χ0n) is 11.4. The van der Waals surface area contributed by atoms with Gasteiger partial charge in [0.15, 0.2) is 0 Å². The number of hydrogen-bond donors (Lipinski definition) is 3. The van der Waals surface area contributed by atoms with Gasteiger partial charge in [0.1, 0.15) is 0 Å². The van der Waals surface area contributed by atoms with Crippen molar-refractivity contribution in [3.8, 4) is 0 Å². The number of amides is 1. The largest absolute Gasteiger partial charge is 0.398 e. The third kappa shape index (κ3) is 3.47. The van der Waals surface area contributed by atoms with E-state index in [1.807, 2.05) is 0 Å². The lowest BCUT2D eigenvalue weighted by atomic mass is 9.79. The van der Waals surface area contributed by atoms with Crippen LogP contribution in [0.1, 0.15) is 43.0 Å². The molecule has 4 N–H and O–H groups in total. The Morgan fingerprint density at radius 2 is 2.05 bits per heavy atom. The van der Waals surface area contributed by atoms with Crippen molar-refractivity contribution in [2.75, 3.05) is 12.3 Å². The molecule has 0 aromatic heterocycles. The second-order valence-corrected chi connectivity index (χ2v) is 5.68. The van der Waals surface area contributed by atoms with Gasteiger partial charge in [0.05, 0.1) is 11.2 Å². The molecular formula is C15H22N2O2. The molecule has 1 aliphatic rings. The topological polar surface area (TPSA) is 75.3 Å². The lowest BCUT2D eigenvalue weighted by Crippen LogP contribution is -2.45. The average Bonchev–Trinajstić information content (AvgIpc) is 2.41. The molecule has 0 bridgehead atoms. The molecule has 1 aromatic carbocycles. The van der Waals surface area contributed by atoms with Gasteiger partial charge in [0.25, 0.3) is 5.91 Å². The fourth-order valence-electron chi connectivity index (χ4n) is 2.52. The molecule has 0 aliphatic heterocycles. The summed E-state index contributed by atoms with van der Waals surface area (Å²) in [7, 11) is 0. The predicted octanol–water partition coefficient (Wildman–Crippen LogP) is 1.94. The Hall–Kier alpha value is -1.55. The zero-order chi connectivity index (χ0) is 13.9. The number of carbonyl (C=O) groups excluding carboxylic acids is 1. The molecule has 0 unspecified atom stereocenters. The molecule has 1 fully saturated rings. The molecule has 1 aliphatic carbocycles. The van der Waals surface area contributed by atoms with E-state index >= 15 is 0 Å². The smallest absolute Gasteiger partial charge is 0.253 e. The van der Waals surface area contributed by atoms with E-state index in [0.29, 0.717) is 23.7 Å². The standard InChI is InChI=1S/C15H22N2O2/c1-11-6-8-15(19,9-7-11)10-17-14(18)12-4-2-3-5-13(12)16/h2-5,11,19H,6-10,16H2,1H3,(H,17,18). The first-order valence-corrected chi connectivity index (χ1v) is 6.85. The number of nitrogens with one attached hydrogen (secondary N) is 1. The van der Waals surface area contributed by atoms with Gasteiger partial charge < -0.3 is 16.2 Å². The Balaban J connectivity index is 1.92. The van der Waals surface area contributed by atoms with Gasteiger partial charge in [-0.25, -0.2) is 0 Å². The van der Waals surface area contributed by atoms with Gasteiger partial charge >= 0.3 is 0 Å². The molecule has 104 valence electrons. The second-order valence-electron chi connectivity index (χ2n) is 5.68. The molecule has 1 amide bonds. The summed E-state index contributed by atoms with van der Waals surface area (Å²) in [5.41, 5.74) is 5.93. The van der Waals surface area contributed by atoms with Gasteiger partial charge in [0.2, 0.25) is 0 Å². The van der Waals surface area contributed by atoms with E-state index in [-0.39, 0.29) is 5.91 Å². The molecule has 1 saturated carbocycles. The fraction of sp³-hybridized carbons (Fsp3) is 0.533. The van der Waals surface area contributed by atoms with Gasteiger partial charge in [-0.15, -0.1) is 0 Å². The van der Waals surface area contributed by atoms with Crippen LogP contribution < -0.4 is 11.1 Å². The minimum Gasteiger partial charge on any atom is -0.398 e. The summed E-state index contributed by atoms with van der Waals surface area (Å²) in [6.07, 6.45) is 3.52. The molecule has 19 heavy (non-hydrogen) atoms. The van der Waals surface area contributed by atoms with Crippen LogP contribution in [0.25, 0.3) is 0 Å². The molecule has 0 spiro atoms. The molecule has 0 atom stereocenters. The zero-order valence-corrected chi connectivity index (χ0v) is 11.4. The second kappa shape index (κ2) is 5.61. The van der Waals surface area contributed by atoms with Gasteiger partial charge in [-0.05, 0) is 43.7 Å². The molecule has 4 heteroatoms. The normalized spacial score (nSPS) is 26.9. The summed E-state index contributed by atoms with van der Waals surface area (Å²) in [4.78, 5) is 12.0. The summed E-state index contributed by atoms with van der Waals surface area (Å²) in [6.45, 7) is 2.50. The number of benzene rings is 1. The molecule has 0 saturated heterocycles. The number of rotatable bonds is 3. The van der Waals surface area contributed by atoms with Gasteiger partial charge in [-0.1, -0.05) is 19.1 Å². The molecule has 2 rings (SSSR count). The van der Waals surface area contributed by atoms with Gasteiger partial charge in [-0.2, -0.15) is 0 Å². The lowest BCUT2D eigenvalue weighted by molar-refractivity contribution is -0.00539. The van der Waals surface area contributed by atoms with Gasteiger partial charge in [0, 0.05) is 12.2 Å². The van der Waals surface area contributed by atoms with Crippen LogP contribution in [0.5, 0.6) is 0 Å². The number of nitrogen functional groups attached to an aromatic ring is 1. The number of carbonyl (C=O) groups is 1. The average molecular weight is 262 g/mol. The van der Waals surface area contributed by atoms with E-state index in [4.69, 9.17) is 5.73 Å². The molecular weight excluding hydrogens is 240 g/mol. The SMILES string of the molecule is CC1CCC(O)(CNC(=O)c2ccccc2N)CC1. The van der Waals surface area contributed by atoms with Crippen molar-refractivity contribution in [2.24, 2.45) is 5.92 Å². The number of nitrogens with two attached hydrogens (primary N) is 1. The third-order valence-corrected chi connectivity index (χ3v) is 3.99. The van der Waals surface area contributed by atoms with E-state index in [9.17, 15) is 9.90 Å². The highest BCUT2D eigenvalue weighted by Crippen LogP contribution is 2.31. The van der Waals surface area contributed by atoms with Crippen molar-refractivity contribution in [3.63, 3.8) is 0 Å². The summed E-state index contributed by atoms with van der Waals surface area (Å²) < 4.78 is 0. The Labute approximate surface area is 114 Å². The van der Waals surface area contributed by atoms with Crippen molar-refractivity contribution in [2.45, 2.75) is 38.2 Å². The summed E-state index contributed by atoms with van der Waals surface area (Å²) >= 11 is 0. The maximum atomic E-state index is 12.0.